The summed E-state index contributed by atoms with van der Waals surface area (Å²) in [6.45, 7) is 3.63. The maximum atomic E-state index is 5.01. The summed E-state index contributed by atoms with van der Waals surface area (Å²) in [6.07, 6.45) is 1.83. The third-order valence-electron chi connectivity index (χ3n) is 1.04. The van der Waals surface area contributed by atoms with E-state index in [0.717, 1.165) is 0 Å². The van der Waals surface area contributed by atoms with Crippen LogP contribution in [0.5, 0.6) is 0 Å². The van der Waals surface area contributed by atoms with Crippen molar-refractivity contribution in [2.45, 2.75) is 0 Å². The van der Waals surface area contributed by atoms with Crippen LogP contribution in [-0.4, -0.2) is 0 Å². The quantitative estimate of drug-likeness (QED) is 0.667. The van der Waals surface area contributed by atoms with Gasteiger partial charge in [0.05, 0.1) is 0 Å². The molecule has 0 radical (unpaired) electrons. The van der Waals surface area contributed by atoms with E-state index in [1.54, 1.807) is 0 Å². The summed E-state index contributed by atoms with van der Waals surface area (Å²) in [4.78, 5) is 0. The molecule has 1 rings (SSSR count). The van der Waals surface area contributed by atoms with Crippen molar-refractivity contribution in [2.75, 3.05) is 0 Å². The van der Waals surface area contributed by atoms with Crippen molar-refractivity contribution in [3.63, 3.8) is 0 Å². The Balaban J connectivity index is 0.000000261. The normalized spacial score (nSPS) is 7.92. The van der Waals surface area contributed by atoms with E-state index in [9.17, 15) is 0 Å². The molecule has 1 aromatic rings. The first kappa shape index (κ1) is 12.5. The van der Waals surface area contributed by atoms with E-state index in [4.69, 9.17) is 29.1 Å². The number of halogens is 3. The second-order valence-electron chi connectivity index (χ2n) is 1.92. The van der Waals surface area contributed by atoms with Crippen molar-refractivity contribution in [1.29, 1.82) is 0 Å². The molecule has 1 aromatic carbocycles. The van der Waals surface area contributed by atoms with Gasteiger partial charge in [-0.2, -0.15) is 0 Å². The first-order valence-corrected chi connectivity index (χ1v) is 15.1. The Morgan fingerprint density at radius 1 is 1.08 bits per heavy atom. The van der Waals surface area contributed by atoms with Crippen molar-refractivity contribution in [3.8, 4) is 0 Å². The van der Waals surface area contributed by atoms with Crippen LogP contribution in [0.25, 0.3) is 6.08 Å². The molecule has 0 fully saturated rings. The van der Waals surface area contributed by atoms with Crippen molar-refractivity contribution in [2.24, 2.45) is 0 Å². The third-order valence-corrected chi connectivity index (χ3v) is 1.04. The second-order valence-corrected chi connectivity index (χ2v) is 15.8. The van der Waals surface area contributed by atoms with Gasteiger partial charge in [-0.3, -0.25) is 0 Å². The van der Waals surface area contributed by atoms with Gasteiger partial charge in [-0.25, -0.2) is 0 Å². The average Bonchev–Trinajstić information content (AvgIpc) is 2.05. The first-order valence-electron chi connectivity index (χ1n) is 3.41. The molecule has 0 saturated heterocycles. The van der Waals surface area contributed by atoms with Crippen molar-refractivity contribution in [3.05, 3.63) is 42.5 Å². The summed E-state index contributed by atoms with van der Waals surface area (Å²) in [6, 6.07) is 10.0. The van der Waals surface area contributed by atoms with Crippen LogP contribution in [-0.2, 0) is 13.0 Å². The van der Waals surface area contributed by atoms with Crippen LogP contribution in [0.15, 0.2) is 36.9 Å². The number of rotatable bonds is 1. The van der Waals surface area contributed by atoms with E-state index < -0.39 is 13.0 Å². The number of hydrogen-bond donors (Lipinski definition) is 0. The molecule has 0 N–H and O–H groups in total. The predicted octanol–water partition coefficient (Wildman–Crippen LogP) is 4.40. The molecule has 0 atom stereocenters. The Bertz CT molecular complexity index is 208. The molecular weight excluding hydrogens is 268 g/mol. The molecule has 0 spiro atoms. The van der Waals surface area contributed by atoms with Crippen molar-refractivity contribution in [1.82, 2.24) is 0 Å². The van der Waals surface area contributed by atoms with Crippen LogP contribution in [0.2, 0.25) is 0 Å². The van der Waals surface area contributed by atoms with Gasteiger partial charge in [-0.05, 0) is 5.56 Å². The molecular formula is C8H8Cl3Zn-. The fourth-order valence-corrected chi connectivity index (χ4v) is 0.589. The number of benzene rings is 1. The Hall–Kier alpha value is 0.453. The standard InChI is InChI=1S/C8H8.3ClH.Zn/c1-2-8-6-4-3-5-7-8;;;;/h2-7H,1H2;3*1H;/q;;;;+2/p-3. The van der Waals surface area contributed by atoms with Crippen LogP contribution in [0.1, 0.15) is 5.56 Å². The molecule has 0 saturated carbocycles. The summed E-state index contributed by atoms with van der Waals surface area (Å²) in [7, 11) is 15.0. The van der Waals surface area contributed by atoms with Gasteiger partial charge < -0.3 is 0 Å². The zero-order chi connectivity index (χ0) is 9.40. The van der Waals surface area contributed by atoms with Gasteiger partial charge in [0.25, 0.3) is 0 Å². The molecule has 64 valence electrons. The molecule has 0 heterocycles. The van der Waals surface area contributed by atoms with Crippen LogP contribution in [0.3, 0.4) is 0 Å². The fourth-order valence-electron chi connectivity index (χ4n) is 0.589. The van der Waals surface area contributed by atoms with Crippen molar-refractivity contribution >= 4 is 35.1 Å². The van der Waals surface area contributed by atoms with Gasteiger partial charge >= 0.3 is 42.1 Å². The SMILES string of the molecule is C=Cc1ccccc1.[Cl][Zn-]([Cl])[Cl]. The Morgan fingerprint density at radius 2 is 1.50 bits per heavy atom. The molecule has 0 aromatic heterocycles. The Morgan fingerprint density at radius 3 is 1.75 bits per heavy atom. The average molecular weight is 276 g/mol. The van der Waals surface area contributed by atoms with Gasteiger partial charge in [0.15, 0.2) is 0 Å². The van der Waals surface area contributed by atoms with Gasteiger partial charge in [-0.1, -0.05) is 43.0 Å². The third kappa shape index (κ3) is 8.55. The van der Waals surface area contributed by atoms with Gasteiger partial charge in [0.1, 0.15) is 0 Å². The maximum absolute atomic E-state index is 5.01. The zero-order valence-corrected chi connectivity index (χ0v) is 11.7. The van der Waals surface area contributed by atoms with Crippen LogP contribution in [0, 0.1) is 0 Å². The molecule has 0 unspecified atom stereocenters. The molecule has 0 aliphatic rings. The van der Waals surface area contributed by atoms with Gasteiger partial charge in [-0.15, -0.1) is 0 Å². The zero-order valence-electron chi connectivity index (χ0n) is 6.51. The molecule has 4 heteroatoms. The van der Waals surface area contributed by atoms with Gasteiger partial charge in [0.2, 0.25) is 0 Å². The van der Waals surface area contributed by atoms with E-state index in [1.807, 2.05) is 36.4 Å². The molecule has 0 nitrogen and oxygen atoms in total. The molecule has 0 amide bonds. The summed E-state index contributed by atoms with van der Waals surface area (Å²) in [5.41, 5.74) is 1.17. The molecule has 0 aliphatic heterocycles. The minimum absolute atomic E-state index is 1.17. The van der Waals surface area contributed by atoms with Crippen LogP contribution < -0.4 is 0 Å². The number of hydrogen-bond acceptors (Lipinski definition) is 0. The summed E-state index contributed by atoms with van der Waals surface area (Å²) in [5, 5.41) is 0. The molecule has 0 aliphatic carbocycles. The van der Waals surface area contributed by atoms with Crippen molar-refractivity contribution < 1.29 is 13.0 Å². The summed E-state index contributed by atoms with van der Waals surface area (Å²) in [5.74, 6) is 0. The van der Waals surface area contributed by atoms with E-state index in [2.05, 4.69) is 6.58 Å². The van der Waals surface area contributed by atoms with E-state index in [0.29, 0.717) is 0 Å². The molecule has 12 heavy (non-hydrogen) atoms. The van der Waals surface area contributed by atoms with Gasteiger partial charge in [0, 0.05) is 0 Å². The minimum atomic E-state index is -2.21. The summed E-state index contributed by atoms with van der Waals surface area (Å²) >= 11 is -2.21. The predicted molar refractivity (Wildman–Crippen MR) is 54.1 cm³/mol. The topological polar surface area (TPSA) is 0 Å². The Kier molecular flexibility index (Phi) is 8.37. The van der Waals surface area contributed by atoms with E-state index in [-0.39, 0.29) is 0 Å². The van der Waals surface area contributed by atoms with E-state index >= 15 is 0 Å². The monoisotopic (exact) mass is 273 g/mol. The first-order chi connectivity index (χ1) is 5.66. The van der Waals surface area contributed by atoms with E-state index in [1.165, 1.54) is 5.56 Å². The summed E-state index contributed by atoms with van der Waals surface area (Å²) < 4.78 is 0. The van der Waals surface area contributed by atoms with Crippen LogP contribution in [0.4, 0.5) is 0 Å². The Labute approximate surface area is 90.2 Å². The molecule has 0 bridgehead atoms. The second kappa shape index (κ2) is 8.07. The fraction of sp³-hybridized carbons (Fsp3) is 0. The van der Waals surface area contributed by atoms with Crippen LogP contribution >= 0.6 is 29.1 Å².